The van der Waals surface area contributed by atoms with Crippen LogP contribution in [0.3, 0.4) is 0 Å². The summed E-state index contributed by atoms with van der Waals surface area (Å²) in [5.41, 5.74) is 3.71. The third-order valence-electron chi connectivity index (χ3n) is 8.31. The molecule has 40 heavy (non-hydrogen) atoms. The highest BCUT2D eigenvalue weighted by Crippen LogP contribution is 2.69. The fourth-order valence-electron chi connectivity index (χ4n) is 6.41. The molecule has 216 valence electrons. The lowest BCUT2D eigenvalue weighted by atomic mass is 9.82. The highest BCUT2D eigenvalue weighted by atomic mass is 32.2. The molecule has 0 radical (unpaired) electrons. The van der Waals surface area contributed by atoms with Crippen molar-refractivity contribution in [1.29, 1.82) is 0 Å². The van der Waals surface area contributed by atoms with Crippen LogP contribution in [0.15, 0.2) is 41.3 Å². The van der Waals surface area contributed by atoms with Crippen LogP contribution < -0.4 is 11.1 Å². The van der Waals surface area contributed by atoms with E-state index in [4.69, 9.17) is 5.73 Å². The SMILES string of the molecule is CS(=O)(=O)c1ccc(NCCO)c(C(=O)N2C(C(N)=O)CC3CC32[C@@H](c2ccc(C(F)(F)F)cc2F)C2CC2)c1. The summed E-state index contributed by atoms with van der Waals surface area (Å²) in [6.45, 7) is -0.231. The van der Waals surface area contributed by atoms with Crippen LogP contribution in [0.4, 0.5) is 23.2 Å². The number of benzene rings is 2. The van der Waals surface area contributed by atoms with Crippen LogP contribution in [-0.4, -0.2) is 61.2 Å². The average Bonchev–Trinajstić information content (AvgIpc) is 3.80. The number of nitrogens with two attached hydrogens (primary N) is 1. The number of aliphatic hydroxyl groups excluding tert-OH is 1. The Labute approximate surface area is 228 Å². The predicted molar refractivity (Wildman–Crippen MR) is 137 cm³/mol. The third kappa shape index (κ3) is 4.83. The van der Waals surface area contributed by atoms with Crippen molar-refractivity contribution in [2.45, 2.75) is 54.3 Å². The van der Waals surface area contributed by atoms with Crippen molar-refractivity contribution in [3.63, 3.8) is 0 Å². The number of piperidine rings is 1. The first-order valence-electron chi connectivity index (χ1n) is 12.9. The zero-order valence-electron chi connectivity index (χ0n) is 21.5. The summed E-state index contributed by atoms with van der Waals surface area (Å²) < 4.78 is 79.8. The number of hydrogen-bond donors (Lipinski definition) is 3. The number of alkyl halides is 3. The monoisotopic (exact) mass is 583 g/mol. The van der Waals surface area contributed by atoms with E-state index in [0.717, 1.165) is 18.4 Å². The van der Waals surface area contributed by atoms with Crippen LogP contribution in [0.2, 0.25) is 0 Å². The molecule has 2 aromatic rings. The summed E-state index contributed by atoms with van der Waals surface area (Å²) >= 11 is 0. The van der Waals surface area contributed by atoms with E-state index in [1.807, 2.05) is 0 Å². The van der Waals surface area contributed by atoms with E-state index in [2.05, 4.69) is 5.32 Å². The van der Waals surface area contributed by atoms with Crippen LogP contribution >= 0.6 is 0 Å². The first-order valence-corrected chi connectivity index (χ1v) is 14.8. The maximum absolute atomic E-state index is 15.4. The molecule has 0 bridgehead atoms. The molecule has 2 aromatic carbocycles. The quantitative estimate of drug-likeness (QED) is 0.389. The van der Waals surface area contributed by atoms with E-state index in [9.17, 15) is 36.3 Å². The molecule has 13 heteroatoms. The van der Waals surface area contributed by atoms with E-state index >= 15 is 4.39 Å². The van der Waals surface area contributed by atoms with E-state index in [0.29, 0.717) is 25.3 Å². The first kappa shape index (κ1) is 28.3. The van der Waals surface area contributed by atoms with Crippen LogP contribution in [0.25, 0.3) is 0 Å². The molecule has 2 saturated carbocycles. The number of anilines is 1. The molecule has 0 aromatic heterocycles. The molecule has 2 aliphatic carbocycles. The van der Waals surface area contributed by atoms with Gasteiger partial charge >= 0.3 is 6.18 Å². The molecular formula is C27H29F4N3O5S. The molecule has 3 fully saturated rings. The number of nitrogens with one attached hydrogen (secondary N) is 1. The number of halogens is 4. The Hall–Kier alpha value is -3.19. The first-order chi connectivity index (χ1) is 18.7. The number of nitrogens with zero attached hydrogens (tertiary/aromatic N) is 1. The van der Waals surface area contributed by atoms with Crippen molar-refractivity contribution in [2.75, 3.05) is 24.7 Å². The highest BCUT2D eigenvalue weighted by Gasteiger charge is 2.73. The summed E-state index contributed by atoms with van der Waals surface area (Å²) in [6.07, 6.45) is -1.79. The molecule has 5 rings (SSSR count). The van der Waals surface area contributed by atoms with E-state index in [-0.39, 0.29) is 53.1 Å². The number of sulfone groups is 1. The summed E-state index contributed by atoms with van der Waals surface area (Å²) in [7, 11) is -3.73. The minimum atomic E-state index is -4.73. The molecule has 8 nitrogen and oxygen atoms in total. The molecule has 4 N–H and O–H groups in total. The maximum atomic E-state index is 15.4. The van der Waals surface area contributed by atoms with Crippen LogP contribution in [0, 0.1) is 17.7 Å². The minimum Gasteiger partial charge on any atom is -0.395 e. The number of amides is 2. The zero-order chi connectivity index (χ0) is 29.2. The van der Waals surface area contributed by atoms with Gasteiger partial charge in [-0.3, -0.25) is 9.59 Å². The van der Waals surface area contributed by atoms with E-state index < -0.39 is 56.7 Å². The van der Waals surface area contributed by atoms with Crippen molar-refractivity contribution in [2.24, 2.45) is 17.6 Å². The molecule has 1 saturated heterocycles. The van der Waals surface area contributed by atoms with Gasteiger partial charge in [-0.1, -0.05) is 6.07 Å². The predicted octanol–water partition coefficient (Wildman–Crippen LogP) is 3.30. The number of carbonyl (C=O) groups excluding carboxylic acids is 2. The molecule has 1 heterocycles. The molecule has 2 amide bonds. The molecule has 3 unspecified atom stereocenters. The second-order valence-electron chi connectivity index (χ2n) is 10.9. The number of hydrogen-bond acceptors (Lipinski definition) is 6. The van der Waals surface area contributed by atoms with Crippen molar-refractivity contribution in [3.8, 4) is 0 Å². The van der Waals surface area contributed by atoms with Gasteiger partial charge in [0.05, 0.1) is 28.2 Å². The summed E-state index contributed by atoms with van der Waals surface area (Å²) in [5, 5.41) is 12.2. The maximum Gasteiger partial charge on any atom is 0.416 e. The molecular weight excluding hydrogens is 554 g/mol. The normalized spacial score (nSPS) is 24.9. The van der Waals surface area contributed by atoms with Crippen LogP contribution in [-0.2, 0) is 20.8 Å². The average molecular weight is 584 g/mol. The lowest BCUT2D eigenvalue weighted by Crippen LogP contribution is -2.53. The number of rotatable bonds is 9. The third-order valence-corrected chi connectivity index (χ3v) is 9.42. The van der Waals surface area contributed by atoms with Gasteiger partial charge in [0.25, 0.3) is 5.91 Å². The van der Waals surface area contributed by atoms with Gasteiger partial charge in [0.1, 0.15) is 11.9 Å². The van der Waals surface area contributed by atoms with Crippen LogP contribution in [0.1, 0.15) is 53.1 Å². The Morgan fingerprint density at radius 3 is 2.45 bits per heavy atom. The van der Waals surface area contributed by atoms with Gasteiger partial charge in [0, 0.05) is 24.4 Å². The van der Waals surface area contributed by atoms with Gasteiger partial charge in [-0.15, -0.1) is 0 Å². The Balaban J connectivity index is 1.63. The van der Waals surface area contributed by atoms with Gasteiger partial charge in [-0.25, -0.2) is 12.8 Å². The molecule has 4 atom stereocenters. The van der Waals surface area contributed by atoms with Crippen molar-refractivity contribution < 1.29 is 40.7 Å². The fourth-order valence-corrected chi connectivity index (χ4v) is 7.06. The lowest BCUT2D eigenvalue weighted by molar-refractivity contribution is -0.137. The van der Waals surface area contributed by atoms with Gasteiger partial charge < -0.3 is 21.1 Å². The smallest absolute Gasteiger partial charge is 0.395 e. The van der Waals surface area contributed by atoms with E-state index in [1.165, 1.54) is 23.1 Å². The Bertz CT molecular complexity index is 1480. The van der Waals surface area contributed by atoms with Crippen molar-refractivity contribution in [3.05, 3.63) is 58.9 Å². The second kappa shape index (κ2) is 9.72. The lowest BCUT2D eigenvalue weighted by Gasteiger charge is -2.39. The Morgan fingerprint density at radius 1 is 1.20 bits per heavy atom. The zero-order valence-corrected chi connectivity index (χ0v) is 22.4. The van der Waals surface area contributed by atoms with Gasteiger partial charge in [0.15, 0.2) is 9.84 Å². The molecule has 1 aliphatic heterocycles. The Kier molecular flexibility index (Phi) is 6.89. The highest BCUT2D eigenvalue weighted by molar-refractivity contribution is 7.90. The van der Waals surface area contributed by atoms with Crippen molar-refractivity contribution >= 4 is 27.3 Å². The number of likely N-dealkylation sites (tertiary alicyclic amines) is 1. The Morgan fingerprint density at radius 2 is 1.90 bits per heavy atom. The van der Waals surface area contributed by atoms with Gasteiger partial charge in [-0.2, -0.15) is 13.2 Å². The number of primary amides is 1. The van der Waals surface area contributed by atoms with E-state index in [1.54, 1.807) is 0 Å². The summed E-state index contributed by atoms with van der Waals surface area (Å²) in [5.74, 6) is -3.56. The standard InChI is InChI=1S/C27H29F4N3O5S/c1-40(38,39)17-5-7-21(33-8-9-35)19(12-17)25(37)34-22(24(32)36)11-16-13-26(16,34)23(14-2-3-14)18-6-4-15(10-20(18)28)27(29,30)31/h4-7,10,12,14,16,22-23,33,35H,2-3,8-9,11,13H2,1H3,(H2,32,36)/t16?,22?,23-,26?/m1/s1. The summed E-state index contributed by atoms with van der Waals surface area (Å²) in [4.78, 5) is 28.1. The second-order valence-corrected chi connectivity index (χ2v) is 12.9. The molecule has 3 aliphatic rings. The fraction of sp³-hybridized carbons (Fsp3) is 0.481. The number of aliphatic hydroxyl groups is 1. The summed E-state index contributed by atoms with van der Waals surface area (Å²) in [6, 6.07) is 5.20. The van der Waals surface area contributed by atoms with Crippen molar-refractivity contribution in [1.82, 2.24) is 4.90 Å². The topological polar surface area (TPSA) is 130 Å². The molecule has 0 spiro atoms. The van der Waals surface area contributed by atoms with Crippen LogP contribution in [0.5, 0.6) is 0 Å². The number of carbonyl (C=O) groups is 2. The number of fused-ring (bicyclic) bond motifs is 1. The minimum absolute atomic E-state index is 0.0458. The largest absolute Gasteiger partial charge is 0.416 e. The van der Waals surface area contributed by atoms with Gasteiger partial charge in [0.2, 0.25) is 5.91 Å². The van der Waals surface area contributed by atoms with Gasteiger partial charge in [-0.05, 0) is 73.4 Å².